The van der Waals surface area contributed by atoms with Crippen LogP contribution in [-0.2, 0) is 6.54 Å². The summed E-state index contributed by atoms with van der Waals surface area (Å²) in [6.07, 6.45) is 2.49. The molecule has 1 atom stereocenters. The van der Waals surface area contributed by atoms with E-state index in [1.807, 2.05) is 17.8 Å². The van der Waals surface area contributed by atoms with Gasteiger partial charge in [-0.25, -0.2) is 0 Å². The summed E-state index contributed by atoms with van der Waals surface area (Å²) in [4.78, 5) is 11.2. The van der Waals surface area contributed by atoms with Gasteiger partial charge in [-0.15, -0.1) is 0 Å². The van der Waals surface area contributed by atoms with Crippen LogP contribution in [0.25, 0.3) is 0 Å². The summed E-state index contributed by atoms with van der Waals surface area (Å²) < 4.78 is 0. The molecule has 0 aliphatic carbocycles. The number of hydrogen-bond donors (Lipinski definition) is 1. The van der Waals surface area contributed by atoms with Crippen LogP contribution in [0.5, 0.6) is 0 Å². The van der Waals surface area contributed by atoms with E-state index in [0.29, 0.717) is 6.04 Å². The van der Waals surface area contributed by atoms with Crippen molar-refractivity contribution in [2.24, 2.45) is 0 Å². The maximum Gasteiger partial charge on any atom is 0.324 e. The van der Waals surface area contributed by atoms with E-state index in [1.165, 1.54) is 29.9 Å². The molecule has 1 fully saturated rings. The summed E-state index contributed by atoms with van der Waals surface area (Å²) in [7, 11) is 0. The lowest BCUT2D eigenvalue weighted by atomic mass is 10.2. The molecule has 1 aromatic heterocycles. The fourth-order valence-electron chi connectivity index (χ4n) is 1.71. The Kier molecular flexibility index (Phi) is 4.20. The molecule has 16 heavy (non-hydrogen) atoms. The zero-order valence-corrected chi connectivity index (χ0v) is 10.5. The Morgan fingerprint density at radius 3 is 3.06 bits per heavy atom. The normalized spacial score (nSPS) is 20.9. The van der Waals surface area contributed by atoms with Gasteiger partial charge in [0.2, 0.25) is 0 Å². The zero-order chi connectivity index (χ0) is 11.4. The minimum Gasteiger partial charge on any atom is -0.308 e. The minimum atomic E-state index is -0.329. The maximum atomic E-state index is 10.5. The first-order valence-electron chi connectivity index (χ1n) is 5.30. The largest absolute Gasteiger partial charge is 0.324 e. The summed E-state index contributed by atoms with van der Waals surface area (Å²) in [6, 6.07) is 3.99. The number of rotatable bonds is 4. The molecule has 0 aromatic carbocycles. The first kappa shape index (κ1) is 11.9. The Balaban J connectivity index is 1.81. The van der Waals surface area contributed by atoms with Crippen LogP contribution in [0.4, 0.5) is 5.00 Å². The number of thioether (sulfide) groups is 1. The van der Waals surface area contributed by atoms with Crippen LogP contribution in [0.2, 0.25) is 0 Å². The molecule has 2 rings (SSSR count). The number of hydrogen-bond acceptors (Lipinski definition) is 5. The SMILES string of the molecule is O=[N+]([O-])c1ccc(CNC2CCCSC2)s1. The van der Waals surface area contributed by atoms with Crippen molar-refractivity contribution in [3.8, 4) is 0 Å². The third-order valence-electron chi connectivity index (χ3n) is 2.55. The number of thiophene rings is 1. The van der Waals surface area contributed by atoms with E-state index in [2.05, 4.69) is 5.32 Å². The molecule has 2 heterocycles. The second-order valence-electron chi connectivity index (χ2n) is 3.79. The van der Waals surface area contributed by atoms with Gasteiger partial charge in [-0.1, -0.05) is 11.3 Å². The molecule has 1 aliphatic rings. The van der Waals surface area contributed by atoms with Crippen LogP contribution in [0, 0.1) is 10.1 Å². The topological polar surface area (TPSA) is 55.2 Å². The second-order valence-corrected chi connectivity index (χ2v) is 6.09. The van der Waals surface area contributed by atoms with E-state index in [4.69, 9.17) is 0 Å². The molecule has 1 N–H and O–H groups in total. The van der Waals surface area contributed by atoms with Crippen molar-refractivity contribution in [2.75, 3.05) is 11.5 Å². The van der Waals surface area contributed by atoms with Gasteiger partial charge in [-0.05, 0) is 24.7 Å². The molecule has 1 unspecified atom stereocenters. The summed E-state index contributed by atoms with van der Waals surface area (Å²) in [5.74, 6) is 2.43. The molecule has 0 bridgehead atoms. The van der Waals surface area contributed by atoms with Gasteiger partial charge < -0.3 is 5.32 Å². The molecule has 6 heteroatoms. The molecule has 88 valence electrons. The van der Waals surface area contributed by atoms with Gasteiger partial charge in [-0.2, -0.15) is 11.8 Å². The maximum absolute atomic E-state index is 10.5. The van der Waals surface area contributed by atoms with Crippen molar-refractivity contribution in [1.29, 1.82) is 0 Å². The van der Waals surface area contributed by atoms with Gasteiger partial charge in [0.1, 0.15) is 0 Å². The van der Waals surface area contributed by atoms with Gasteiger partial charge in [-0.3, -0.25) is 10.1 Å². The summed E-state index contributed by atoms with van der Waals surface area (Å²) in [6.45, 7) is 0.754. The Morgan fingerprint density at radius 1 is 1.56 bits per heavy atom. The molecule has 0 radical (unpaired) electrons. The van der Waals surface area contributed by atoms with Crippen LogP contribution < -0.4 is 5.32 Å². The van der Waals surface area contributed by atoms with Gasteiger partial charge in [0.25, 0.3) is 0 Å². The van der Waals surface area contributed by atoms with E-state index in [1.54, 1.807) is 6.07 Å². The lowest BCUT2D eigenvalue weighted by molar-refractivity contribution is -0.380. The Bertz CT molecular complexity index is 361. The molecular weight excluding hydrogens is 244 g/mol. The summed E-state index contributed by atoms with van der Waals surface area (Å²) in [5.41, 5.74) is 0. The second kappa shape index (κ2) is 5.65. The Morgan fingerprint density at radius 2 is 2.44 bits per heavy atom. The molecule has 1 aromatic rings. The predicted octanol–water partition coefficient (Wildman–Crippen LogP) is 2.64. The highest BCUT2D eigenvalue weighted by atomic mass is 32.2. The molecule has 4 nitrogen and oxygen atoms in total. The predicted molar refractivity (Wildman–Crippen MR) is 68.2 cm³/mol. The van der Waals surface area contributed by atoms with Gasteiger partial charge in [0.05, 0.1) is 4.92 Å². The van der Waals surface area contributed by atoms with Crippen molar-refractivity contribution in [3.05, 3.63) is 27.1 Å². The average molecular weight is 258 g/mol. The summed E-state index contributed by atoms with van der Waals surface area (Å²) in [5, 5.41) is 14.2. The fraction of sp³-hybridized carbons (Fsp3) is 0.600. The van der Waals surface area contributed by atoms with E-state index in [0.717, 1.165) is 17.2 Å². The van der Waals surface area contributed by atoms with Crippen molar-refractivity contribution in [2.45, 2.75) is 25.4 Å². The van der Waals surface area contributed by atoms with Gasteiger partial charge in [0, 0.05) is 29.3 Å². The van der Waals surface area contributed by atoms with E-state index >= 15 is 0 Å². The third-order valence-corrected chi connectivity index (χ3v) is 4.80. The van der Waals surface area contributed by atoms with Crippen molar-refractivity contribution < 1.29 is 4.92 Å². The van der Waals surface area contributed by atoms with Crippen LogP contribution in [0.1, 0.15) is 17.7 Å². The first-order valence-corrected chi connectivity index (χ1v) is 7.27. The highest BCUT2D eigenvalue weighted by Crippen LogP contribution is 2.24. The Labute approximate surface area is 103 Å². The molecule has 1 saturated heterocycles. The van der Waals surface area contributed by atoms with Crippen LogP contribution in [0.3, 0.4) is 0 Å². The number of nitro groups is 1. The quantitative estimate of drug-likeness (QED) is 0.666. The Hall–Kier alpha value is -0.590. The van der Waals surface area contributed by atoms with Crippen LogP contribution in [0.15, 0.2) is 12.1 Å². The van der Waals surface area contributed by atoms with Crippen molar-refractivity contribution >= 4 is 28.1 Å². The lowest BCUT2D eigenvalue weighted by Gasteiger charge is -2.22. The average Bonchev–Trinajstić information content (AvgIpc) is 2.76. The number of nitrogens with zero attached hydrogens (tertiary/aromatic N) is 1. The van der Waals surface area contributed by atoms with E-state index in [-0.39, 0.29) is 9.92 Å². The molecule has 0 amide bonds. The van der Waals surface area contributed by atoms with Crippen LogP contribution in [-0.4, -0.2) is 22.5 Å². The molecular formula is C10H14N2O2S2. The van der Waals surface area contributed by atoms with Gasteiger partial charge in [0.15, 0.2) is 0 Å². The highest BCUT2D eigenvalue weighted by Gasteiger charge is 2.14. The lowest BCUT2D eigenvalue weighted by Crippen LogP contribution is -2.32. The first-order chi connectivity index (χ1) is 7.75. The van der Waals surface area contributed by atoms with E-state index < -0.39 is 0 Å². The van der Waals surface area contributed by atoms with E-state index in [9.17, 15) is 10.1 Å². The standard InChI is InChI=1S/C10H14N2O2S2/c13-12(14)10-4-3-9(16-10)6-11-8-2-1-5-15-7-8/h3-4,8,11H,1-2,5-7H2. The van der Waals surface area contributed by atoms with Crippen molar-refractivity contribution in [3.63, 3.8) is 0 Å². The third kappa shape index (κ3) is 3.20. The van der Waals surface area contributed by atoms with Crippen LogP contribution >= 0.6 is 23.1 Å². The number of nitrogens with one attached hydrogen (secondary N) is 1. The smallest absolute Gasteiger partial charge is 0.308 e. The fourth-order valence-corrected chi connectivity index (χ4v) is 3.58. The van der Waals surface area contributed by atoms with Crippen molar-refractivity contribution in [1.82, 2.24) is 5.32 Å². The molecule has 1 aliphatic heterocycles. The summed E-state index contributed by atoms with van der Waals surface area (Å²) >= 11 is 3.24. The molecule has 0 spiro atoms. The minimum absolute atomic E-state index is 0.231. The zero-order valence-electron chi connectivity index (χ0n) is 8.85. The molecule has 0 saturated carbocycles. The van der Waals surface area contributed by atoms with Gasteiger partial charge >= 0.3 is 5.00 Å². The highest BCUT2D eigenvalue weighted by molar-refractivity contribution is 7.99. The monoisotopic (exact) mass is 258 g/mol.